The van der Waals surface area contributed by atoms with Crippen LogP contribution in [0.25, 0.3) is 11.0 Å². The Balaban J connectivity index is 1.73. The molecule has 6 heteroatoms. The fourth-order valence-corrected chi connectivity index (χ4v) is 4.41. The summed E-state index contributed by atoms with van der Waals surface area (Å²) in [6.45, 7) is 0.356. The van der Waals surface area contributed by atoms with Crippen molar-refractivity contribution < 1.29 is 9.21 Å². The lowest BCUT2D eigenvalue weighted by atomic mass is 10.0. The number of pyridine rings is 1. The van der Waals surface area contributed by atoms with Gasteiger partial charge in [-0.2, -0.15) is 0 Å². The summed E-state index contributed by atoms with van der Waals surface area (Å²) in [5.74, 6) is -0.129. The molecule has 27 heavy (non-hydrogen) atoms. The van der Waals surface area contributed by atoms with E-state index < -0.39 is 6.04 Å². The maximum atomic E-state index is 13.2. The summed E-state index contributed by atoms with van der Waals surface area (Å²) in [6.07, 6.45) is 3.42. The van der Waals surface area contributed by atoms with Crippen LogP contribution in [-0.4, -0.2) is 15.8 Å². The van der Waals surface area contributed by atoms with Crippen LogP contribution in [0.4, 0.5) is 0 Å². The Morgan fingerprint density at radius 2 is 1.96 bits per heavy atom. The van der Waals surface area contributed by atoms with Gasteiger partial charge >= 0.3 is 0 Å². The van der Waals surface area contributed by atoms with E-state index in [-0.39, 0.29) is 17.1 Å². The van der Waals surface area contributed by atoms with Crippen molar-refractivity contribution in [2.75, 3.05) is 0 Å². The Morgan fingerprint density at radius 3 is 2.74 bits per heavy atom. The van der Waals surface area contributed by atoms with Crippen LogP contribution in [-0.2, 0) is 6.54 Å². The molecule has 132 valence electrons. The maximum Gasteiger partial charge on any atom is 0.291 e. The summed E-state index contributed by atoms with van der Waals surface area (Å²) in [7, 11) is 0. The van der Waals surface area contributed by atoms with Crippen molar-refractivity contribution in [3.8, 4) is 0 Å². The zero-order chi connectivity index (χ0) is 18.4. The topological polar surface area (TPSA) is 63.4 Å². The molecule has 1 atom stereocenters. The van der Waals surface area contributed by atoms with E-state index in [1.807, 2.05) is 29.6 Å². The van der Waals surface area contributed by atoms with Crippen molar-refractivity contribution in [2.45, 2.75) is 12.6 Å². The average molecular weight is 374 g/mol. The summed E-state index contributed by atoms with van der Waals surface area (Å²) in [6, 6.07) is 14.2. The molecule has 4 heterocycles. The zero-order valence-corrected chi connectivity index (χ0v) is 15.0. The molecule has 0 N–H and O–H groups in total. The molecule has 0 bridgehead atoms. The van der Waals surface area contributed by atoms with Crippen LogP contribution < -0.4 is 5.43 Å². The molecule has 1 aliphatic rings. The van der Waals surface area contributed by atoms with Gasteiger partial charge in [0, 0.05) is 23.8 Å². The van der Waals surface area contributed by atoms with Gasteiger partial charge in [-0.3, -0.25) is 14.6 Å². The lowest BCUT2D eigenvalue weighted by Crippen LogP contribution is -2.28. The number of thiophene rings is 1. The third-order valence-electron chi connectivity index (χ3n) is 4.76. The molecular weight excluding hydrogens is 360 g/mol. The number of benzene rings is 1. The quantitative estimate of drug-likeness (QED) is 0.544. The number of rotatable bonds is 3. The zero-order valence-electron chi connectivity index (χ0n) is 14.2. The molecule has 0 fully saturated rings. The van der Waals surface area contributed by atoms with E-state index in [1.54, 1.807) is 41.6 Å². The van der Waals surface area contributed by atoms with Crippen LogP contribution >= 0.6 is 11.3 Å². The summed E-state index contributed by atoms with van der Waals surface area (Å²) < 4.78 is 5.89. The van der Waals surface area contributed by atoms with E-state index in [0.717, 1.165) is 10.4 Å². The van der Waals surface area contributed by atoms with Crippen LogP contribution in [0.2, 0.25) is 0 Å². The number of hydrogen-bond acceptors (Lipinski definition) is 5. The minimum Gasteiger partial charge on any atom is -0.450 e. The predicted octanol–water partition coefficient (Wildman–Crippen LogP) is 3.99. The predicted molar refractivity (Wildman–Crippen MR) is 103 cm³/mol. The second-order valence-corrected chi connectivity index (χ2v) is 7.36. The van der Waals surface area contributed by atoms with Crippen molar-refractivity contribution in [1.29, 1.82) is 0 Å². The summed E-state index contributed by atoms with van der Waals surface area (Å²) in [4.78, 5) is 33.2. The van der Waals surface area contributed by atoms with Gasteiger partial charge in [-0.25, -0.2) is 0 Å². The van der Waals surface area contributed by atoms with Crippen molar-refractivity contribution in [3.05, 3.63) is 98.3 Å². The molecule has 1 aliphatic heterocycles. The molecule has 1 amide bonds. The minimum atomic E-state index is -0.450. The number of hydrogen-bond donors (Lipinski definition) is 0. The van der Waals surface area contributed by atoms with E-state index in [1.165, 1.54) is 11.3 Å². The normalized spacial score (nSPS) is 16.1. The van der Waals surface area contributed by atoms with Crippen molar-refractivity contribution in [3.63, 3.8) is 0 Å². The SMILES string of the molecule is O=C1c2oc3ccccc3c(=O)c2[C@@H](c2cccs2)N1Cc1cccnc1. The number of fused-ring (bicyclic) bond motifs is 2. The van der Waals surface area contributed by atoms with Crippen LogP contribution in [0.1, 0.15) is 32.6 Å². The van der Waals surface area contributed by atoms with Gasteiger partial charge in [0.2, 0.25) is 5.76 Å². The van der Waals surface area contributed by atoms with Gasteiger partial charge in [-0.1, -0.05) is 24.3 Å². The molecule has 0 unspecified atom stereocenters. The lowest BCUT2D eigenvalue weighted by Gasteiger charge is -2.23. The van der Waals surface area contributed by atoms with Crippen LogP contribution in [0.15, 0.2) is 75.5 Å². The fraction of sp³-hybridized carbons (Fsp3) is 0.0952. The van der Waals surface area contributed by atoms with Gasteiger partial charge in [0.15, 0.2) is 5.43 Å². The fourth-order valence-electron chi connectivity index (χ4n) is 3.56. The van der Waals surface area contributed by atoms with Crippen molar-refractivity contribution in [2.24, 2.45) is 0 Å². The first-order valence-corrected chi connectivity index (χ1v) is 9.41. The number of carbonyl (C=O) groups is 1. The van der Waals surface area contributed by atoms with Gasteiger partial charge in [0.05, 0.1) is 10.9 Å². The van der Waals surface area contributed by atoms with Gasteiger partial charge in [-0.15, -0.1) is 11.3 Å². The Labute approximate surface area is 158 Å². The summed E-state index contributed by atoms with van der Waals surface area (Å²) in [5.41, 5.74) is 1.61. The highest BCUT2D eigenvalue weighted by atomic mass is 32.1. The highest BCUT2D eigenvalue weighted by molar-refractivity contribution is 7.10. The second kappa shape index (κ2) is 6.17. The Morgan fingerprint density at radius 1 is 1.07 bits per heavy atom. The Bertz CT molecular complexity index is 1200. The van der Waals surface area contributed by atoms with E-state index in [0.29, 0.717) is 23.1 Å². The van der Waals surface area contributed by atoms with Gasteiger partial charge in [0.1, 0.15) is 11.6 Å². The highest BCUT2D eigenvalue weighted by Crippen LogP contribution is 2.40. The molecule has 3 aromatic heterocycles. The van der Waals surface area contributed by atoms with Crippen LogP contribution in [0.3, 0.4) is 0 Å². The number of amides is 1. The smallest absolute Gasteiger partial charge is 0.291 e. The third-order valence-corrected chi connectivity index (χ3v) is 5.69. The first-order valence-electron chi connectivity index (χ1n) is 8.53. The van der Waals surface area contributed by atoms with E-state index in [4.69, 9.17) is 4.42 Å². The Hall–Kier alpha value is -3.25. The first kappa shape index (κ1) is 16.0. The molecule has 0 saturated carbocycles. The van der Waals surface area contributed by atoms with Gasteiger partial charge < -0.3 is 9.32 Å². The largest absolute Gasteiger partial charge is 0.450 e. The standard InChI is InChI=1S/C21H14N2O3S/c24-19-14-6-1-2-7-15(14)26-20-17(19)18(16-8-4-10-27-16)23(21(20)25)12-13-5-3-9-22-11-13/h1-11,18H,12H2/t18-/m1/s1. The van der Waals surface area contributed by atoms with Crippen LogP contribution in [0.5, 0.6) is 0 Å². The van der Waals surface area contributed by atoms with Gasteiger partial charge in [0.25, 0.3) is 5.91 Å². The molecule has 0 radical (unpaired) electrons. The van der Waals surface area contributed by atoms with Gasteiger partial charge in [-0.05, 0) is 35.2 Å². The Kier molecular flexibility index (Phi) is 3.65. The minimum absolute atomic E-state index is 0.140. The van der Waals surface area contributed by atoms with Crippen LogP contribution in [0, 0.1) is 0 Å². The van der Waals surface area contributed by atoms with E-state index >= 15 is 0 Å². The average Bonchev–Trinajstić information content (AvgIpc) is 3.31. The van der Waals surface area contributed by atoms with Crippen molar-refractivity contribution in [1.82, 2.24) is 9.88 Å². The summed E-state index contributed by atoms with van der Waals surface area (Å²) in [5, 5.41) is 2.44. The molecule has 0 spiro atoms. The number of carbonyl (C=O) groups excluding carboxylic acids is 1. The van der Waals surface area contributed by atoms with E-state index in [9.17, 15) is 9.59 Å². The maximum absolute atomic E-state index is 13.2. The molecule has 1 aromatic carbocycles. The molecule has 4 aromatic rings. The summed E-state index contributed by atoms with van der Waals surface area (Å²) >= 11 is 1.52. The molecule has 0 saturated heterocycles. The lowest BCUT2D eigenvalue weighted by molar-refractivity contribution is 0.0716. The molecule has 5 rings (SSSR count). The van der Waals surface area contributed by atoms with E-state index in [2.05, 4.69) is 4.98 Å². The monoisotopic (exact) mass is 374 g/mol. The number of nitrogens with zero attached hydrogens (tertiary/aromatic N) is 2. The number of aromatic nitrogens is 1. The third kappa shape index (κ3) is 2.49. The molecular formula is C21H14N2O3S. The molecule has 5 nitrogen and oxygen atoms in total. The van der Waals surface area contributed by atoms with Crippen molar-refractivity contribution >= 4 is 28.2 Å². The second-order valence-electron chi connectivity index (χ2n) is 6.38. The number of para-hydroxylation sites is 1. The molecule has 0 aliphatic carbocycles. The highest BCUT2D eigenvalue weighted by Gasteiger charge is 2.43. The first-order chi connectivity index (χ1) is 13.2.